The molecule has 0 saturated heterocycles. The van der Waals surface area contributed by atoms with Gasteiger partial charge in [-0.05, 0) is 26.3 Å². The normalized spacial score (nSPS) is 13.4. The molecule has 2 aromatic rings. The molecule has 0 N–H and O–H groups in total. The van der Waals surface area contributed by atoms with Crippen LogP contribution in [0.3, 0.4) is 0 Å². The maximum absolute atomic E-state index is 12.2. The molecule has 0 aromatic carbocycles. The topological polar surface area (TPSA) is 74.1 Å². The predicted molar refractivity (Wildman–Crippen MR) is 86.6 cm³/mol. The van der Waals surface area contributed by atoms with Crippen LogP contribution in [0, 0.1) is 6.92 Å². The molecule has 0 amide bonds. The van der Waals surface area contributed by atoms with Gasteiger partial charge in [-0.3, -0.25) is 4.68 Å². The Balaban J connectivity index is 1.94. The third-order valence-electron chi connectivity index (χ3n) is 3.10. The standard InChI is InChI=1S/C14H21N3O3S2/c1-4-20-12(3)14-16-13(9-21-14)10-22(18,19)6-5-17-8-11(2)7-15-17/h7-9,12H,4-6,10H2,1-3H3. The smallest absolute Gasteiger partial charge is 0.157 e. The van der Waals surface area contributed by atoms with Crippen molar-refractivity contribution in [2.45, 2.75) is 39.2 Å². The lowest BCUT2D eigenvalue weighted by molar-refractivity contribution is 0.0761. The SMILES string of the molecule is CCOC(C)c1nc(CS(=O)(=O)CCn2cc(C)cn2)cs1. The van der Waals surface area contributed by atoms with Crippen molar-refractivity contribution in [3.8, 4) is 0 Å². The number of aromatic nitrogens is 3. The zero-order valence-corrected chi connectivity index (χ0v) is 14.7. The van der Waals surface area contributed by atoms with Crippen LogP contribution in [0.15, 0.2) is 17.8 Å². The molecule has 2 rings (SSSR count). The van der Waals surface area contributed by atoms with E-state index in [1.165, 1.54) is 11.3 Å². The highest BCUT2D eigenvalue weighted by Gasteiger charge is 2.17. The number of hydrogen-bond acceptors (Lipinski definition) is 6. The van der Waals surface area contributed by atoms with Gasteiger partial charge in [-0.2, -0.15) is 5.10 Å². The average molecular weight is 343 g/mol. The van der Waals surface area contributed by atoms with E-state index in [-0.39, 0.29) is 17.6 Å². The van der Waals surface area contributed by atoms with Crippen LogP contribution in [0.25, 0.3) is 0 Å². The second-order valence-electron chi connectivity index (χ2n) is 5.15. The number of thiazole rings is 1. The second-order valence-corrected chi connectivity index (χ2v) is 8.22. The number of ether oxygens (including phenoxy) is 1. The van der Waals surface area contributed by atoms with Crippen LogP contribution < -0.4 is 0 Å². The lowest BCUT2D eigenvalue weighted by Crippen LogP contribution is -2.15. The van der Waals surface area contributed by atoms with Gasteiger partial charge in [0.05, 0.1) is 29.9 Å². The van der Waals surface area contributed by atoms with Gasteiger partial charge in [0.15, 0.2) is 9.84 Å². The molecular weight excluding hydrogens is 322 g/mol. The zero-order valence-electron chi connectivity index (χ0n) is 13.0. The lowest BCUT2D eigenvalue weighted by atomic mass is 10.4. The first-order chi connectivity index (χ1) is 10.4. The fourth-order valence-electron chi connectivity index (χ4n) is 2.02. The molecule has 22 heavy (non-hydrogen) atoms. The van der Waals surface area contributed by atoms with Gasteiger partial charge >= 0.3 is 0 Å². The molecule has 0 bridgehead atoms. The summed E-state index contributed by atoms with van der Waals surface area (Å²) in [6, 6.07) is 0. The molecule has 1 unspecified atom stereocenters. The first kappa shape index (κ1) is 17.1. The van der Waals surface area contributed by atoms with E-state index in [1.54, 1.807) is 16.3 Å². The molecule has 0 fully saturated rings. The molecule has 0 radical (unpaired) electrons. The van der Waals surface area contributed by atoms with Crippen molar-refractivity contribution in [2.75, 3.05) is 12.4 Å². The summed E-state index contributed by atoms with van der Waals surface area (Å²) in [6.07, 6.45) is 3.45. The Bertz CT molecular complexity index is 706. The number of nitrogens with zero attached hydrogens (tertiary/aromatic N) is 3. The van der Waals surface area contributed by atoms with Gasteiger partial charge in [0.1, 0.15) is 11.1 Å². The molecule has 0 aliphatic heterocycles. The zero-order chi connectivity index (χ0) is 16.2. The van der Waals surface area contributed by atoms with Crippen LogP contribution in [0.5, 0.6) is 0 Å². The molecule has 122 valence electrons. The van der Waals surface area contributed by atoms with Crippen LogP contribution >= 0.6 is 11.3 Å². The Morgan fingerprint density at radius 3 is 2.86 bits per heavy atom. The summed E-state index contributed by atoms with van der Waals surface area (Å²) < 4.78 is 31.5. The number of hydrogen-bond donors (Lipinski definition) is 0. The summed E-state index contributed by atoms with van der Waals surface area (Å²) in [5.74, 6) is 0.0184. The Kier molecular flexibility index (Phi) is 5.71. The van der Waals surface area contributed by atoms with E-state index in [0.717, 1.165) is 10.6 Å². The fourth-order valence-corrected chi connectivity index (χ4v) is 4.15. The van der Waals surface area contributed by atoms with Gasteiger partial charge in [-0.15, -0.1) is 11.3 Å². The van der Waals surface area contributed by atoms with Crippen molar-refractivity contribution >= 4 is 21.2 Å². The highest BCUT2D eigenvalue weighted by atomic mass is 32.2. The Morgan fingerprint density at radius 2 is 2.23 bits per heavy atom. The highest BCUT2D eigenvalue weighted by Crippen LogP contribution is 2.22. The summed E-state index contributed by atoms with van der Waals surface area (Å²) >= 11 is 1.44. The van der Waals surface area contributed by atoms with E-state index in [1.807, 2.05) is 27.0 Å². The lowest BCUT2D eigenvalue weighted by Gasteiger charge is -2.07. The van der Waals surface area contributed by atoms with Gasteiger partial charge in [0.2, 0.25) is 0 Å². The monoisotopic (exact) mass is 343 g/mol. The summed E-state index contributed by atoms with van der Waals surface area (Å²) in [5.41, 5.74) is 1.61. The minimum Gasteiger partial charge on any atom is -0.372 e. The van der Waals surface area contributed by atoms with Crippen LogP contribution in [-0.2, 0) is 26.9 Å². The summed E-state index contributed by atoms with van der Waals surface area (Å²) in [6.45, 7) is 6.74. The highest BCUT2D eigenvalue weighted by molar-refractivity contribution is 7.90. The van der Waals surface area contributed by atoms with E-state index < -0.39 is 9.84 Å². The van der Waals surface area contributed by atoms with E-state index >= 15 is 0 Å². The Labute approximate surface area is 135 Å². The van der Waals surface area contributed by atoms with Crippen molar-refractivity contribution in [3.05, 3.63) is 34.0 Å². The predicted octanol–water partition coefficient (Wildman–Crippen LogP) is 2.36. The van der Waals surface area contributed by atoms with Crippen molar-refractivity contribution < 1.29 is 13.2 Å². The van der Waals surface area contributed by atoms with E-state index in [0.29, 0.717) is 18.8 Å². The Morgan fingerprint density at radius 1 is 1.45 bits per heavy atom. The maximum atomic E-state index is 12.2. The average Bonchev–Trinajstić information content (AvgIpc) is 3.06. The quantitative estimate of drug-likeness (QED) is 0.735. The first-order valence-corrected chi connectivity index (χ1v) is 9.85. The van der Waals surface area contributed by atoms with Gasteiger partial charge in [-0.1, -0.05) is 0 Å². The van der Waals surface area contributed by atoms with Crippen LogP contribution in [0.4, 0.5) is 0 Å². The molecule has 6 nitrogen and oxygen atoms in total. The molecule has 0 spiro atoms. The number of rotatable bonds is 8. The number of aryl methyl sites for hydroxylation is 2. The molecule has 2 heterocycles. The first-order valence-electron chi connectivity index (χ1n) is 7.15. The van der Waals surface area contributed by atoms with Crippen LogP contribution in [0.2, 0.25) is 0 Å². The molecule has 0 aliphatic carbocycles. The minimum atomic E-state index is -3.21. The largest absolute Gasteiger partial charge is 0.372 e. The molecule has 1 atom stereocenters. The summed E-state index contributed by atoms with van der Waals surface area (Å²) in [5, 5.41) is 6.70. The minimum absolute atomic E-state index is 0.0391. The molecule has 2 aromatic heterocycles. The van der Waals surface area contributed by atoms with Gasteiger partial charge in [-0.25, -0.2) is 13.4 Å². The molecule has 0 aliphatic rings. The van der Waals surface area contributed by atoms with E-state index in [2.05, 4.69) is 10.1 Å². The van der Waals surface area contributed by atoms with Crippen molar-refractivity contribution in [3.63, 3.8) is 0 Å². The second kappa shape index (κ2) is 7.34. The molecule has 0 saturated carbocycles. The van der Waals surface area contributed by atoms with Crippen molar-refractivity contribution in [1.29, 1.82) is 0 Å². The van der Waals surface area contributed by atoms with Crippen molar-refractivity contribution in [2.24, 2.45) is 0 Å². The number of sulfone groups is 1. The third kappa shape index (κ3) is 4.89. The maximum Gasteiger partial charge on any atom is 0.157 e. The van der Waals surface area contributed by atoms with Crippen LogP contribution in [-0.4, -0.2) is 35.5 Å². The third-order valence-corrected chi connectivity index (χ3v) is 5.69. The van der Waals surface area contributed by atoms with E-state index in [4.69, 9.17) is 4.74 Å². The summed E-state index contributed by atoms with van der Waals surface area (Å²) in [7, 11) is -3.21. The molecular formula is C14H21N3O3S2. The summed E-state index contributed by atoms with van der Waals surface area (Å²) in [4.78, 5) is 4.37. The van der Waals surface area contributed by atoms with Gasteiger partial charge in [0, 0.05) is 18.2 Å². The van der Waals surface area contributed by atoms with Crippen molar-refractivity contribution in [1.82, 2.24) is 14.8 Å². The van der Waals surface area contributed by atoms with Gasteiger partial charge < -0.3 is 4.74 Å². The van der Waals surface area contributed by atoms with Crippen LogP contribution in [0.1, 0.15) is 36.2 Å². The Hall–Kier alpha value is -1.25. The van der Waals surface area contributed by atoms with E-state index in [9.17, 15) is 8.42 Å². The fraction of sp³-hybridized carbons (Fsp3) is 0.571. The molecule has 8 heteroatoms. The van der Waals surface area contributed by atoms with Gasteiger partial charge in [0.25, 0.3) is 0 Å².